The number of amides is 1. The molecule has 5 heteroatoms. The van der Waals surface area contributed by atoms with E-state index in [0.29, 0.717) is 25.2 Å². The molecule has 0 spiro atoms. The topological polar surface area (TPSA) is 53.0 Å². The van der Waals surface area contributed by atoms with E-state index < -0.39 is 6.10 Å². The normalized spacial score (nSPS) is 25.3. The van der Waals surface area contributed by atoms with E-state index in [2.05, 4.69) is 4.90 Å². The van der Waals surface area contributed by atoms with Crippen LogP contribution >= 0.6 is 0 Å². The molecular formula is C20H30N2O3. The zero-order chi connectivity index (χ0) is 17.8. The molecule has 1 N–H and O–H groups in total. The number of carbonyl (C=O) groups excluding carboxylic acids is 1. The maximum atomic E-state index is 11.9. The highest BCUT2D eigenvalue weighted by Crippen LogP contribution is 2.30. The number of hydrogen-bond donors (Lipinski definition) is 1. The van der Waals surface area contributed by atoms with Gasteiger partial charge < -0.3 is 14.7 Å². The summed E-state index contributed by atoms with van der Waals surface area (Å²) in [5.41, 5.74) is 1.15. The van der Waals surface area contributed by atoms with Crippen molar-refractivity contribution in [2.75, 3.05) is 26.2 Å². The van der Waals surface area contributed by atoms with Gasteiger partial charge in [-0.3, -0.25) is 9.69 Å². The number of carbonyl (C=O) groups is 1. The van der Waals surface area contributed by atoms with Crippen LogP contribution in [0.3, 0.4) is 0 Å². The number of nitrogens with zero attached hydrogens (tertiary/aromatic N) is 2. The molecule has 0 saturated carbocycles. The third kappa shape index (κ3) is 4.53. The predicted molar refractivity (Wildman–Crippen MR) is 97.7 cm³/mol. The Morgan fingerprint density at radius 3 is 2.80 bits per heavy atom. The van der Waals surface area contributed by atoms with Crippen LogP contribution in [0, 0.1) is 6.92 Å². The highest BCUT2D eigenvalue weighted by molar-refractivity contribution is 5.74. The Labute approximate surface area is 150 Å². The summed E-state index contributed by atoms with van der Waals surface area (Å²) in [6.07, 6.45) is 3.90. The molecule has 0 bridgehead atoms. The maximum absolute atomic E-state index is 11.9. The number of benzene rings is 1. The van der Waals surface area contributed by atoms with Gasteiger partial charge in [-0.1, -0.05) is 12.1 Å². The largest absolute Gasteiger partial charge is 0.491 e. The molecule has 1 aromatic carbocycles. The summed E-state index contributed by atoms with van der Waals surface area (Å²) in [4.78, 5) is 16.3. The Bertz CT molecular complexity index is 592. The molecule has 3 rings (SSSR count). The summed E-state index contributed by atoms with van der Waals surface area (Å²) in [5, 5.41) is 10.4. The van der Waals surface area contributed by atoms with Crippen LogP contribution < -0.4 is 4.74 Å². The first-order chi connectivity index (χ1) is 12.0. The van der Waals surface area contributed by atoms with Crippen LogP contribution in [0.25, 0.3) is 0 Å². The molecule has 2 aliphatic rings. The van der Waals surface area contributed by atoms with Crippen LogP contribution in [0.1, 0.15) is 38.2 Å². The van der Waals surface area contributed by atoms with Gasteiger partial charge in [0, 0.05) is 32.1 Å². The molecule has 0 aliphatic carbocycles. The van der Waals surface area contributed by atoms with Gasteiger partial charge in [0.15, 0.2) is 0 Å². The van der Waals surface area contributed by atoms with Gasteiger partial charge >= 0.3 is 0 Å². The molecule has 25 heavy (non-hydrogen) atoms. The van der Waals surface area contributed by atoms with Gasteiger partial charge in [0.2, 0.25) is 5.91 Å². The van der Waals surface area contributed by atoms with Gasteiger partial charge in [0.1, 0.15) is 18.5 Å². The molecular weight excluding hydrogens is 316 g/mol. The fraction of sp³-hybridized carbons (Fsp3) is 0.650. The monoisotopic (exact) mass is 346 g/mol. The molecule has 1 aromatic rings. The van der Waals surface area contributed by atoms with Gasteiger partial charge in [0.05, 0.1) is 0 Å². The van der Waals surface area contributed by atoms with E-state index in [-0.39, 0.29) is 5.91 Å². The van der Waals surface area contributed by atoms with E-state index in [9.17, 15) is 9.90 Å². The van der Waals surface area contributed by atoms with Crippen LogP contribution in [0.4, 0.5) is 0 Å². The van der Waals surface area contributed by atoms with Crippen LogP contribution in [0.15, 0.2) is 24.3 Å². The molecule has 0 aromatic heterocycles. The van der Waals surface area contributed by atoms with E-state index in [4.69, 9.17) is 4.74 Å². The van der Waals surface area contributed by atoms with Crippen LogP contribution in [0.2, 0.25) is 0 Å². The third-order valence-corrected chi connectivity index (χ3v) is 5.44. The van der Waals surface area contributed by atoms with Gasteiger partial charge in [-0.25, -0.2) is 0 Å². The van der Waals surface area contributed by atoms with Crippen molar-refractivity contribution < 1.29 is 14.6 Å². The first kappa shape index (κ1) is 18.2. The predicted octanol–water partition coefficient (Wildman–Crippen LogP) is 2.21. The second-order valence-electron chi connectivity index (χ2n) is 7.41. The van der Waals surface area contributed by atoms with Crippen molar-refractivity contribution in [1.29, 1.82) is 0 Å². The highest BCUT2D eigenvalue weighted by atomic mass is 16.5. The summed E-state index contributed by atoms with van der Waals surface area (Å²) in [6, 6.07) is 8.57. The van der Waals surface area contributed by atoms with E-state index >= 15 is 0 Å². The minimum absolute atomic E-state index is 0.178. The molecule has 0 radical (unpaired) electrons. The van der Waals surface area contributed by atoms with Gasteiger partial charge in [0.25, 0.3) is 0 Å². The number of β-amino-alcohol motifs (C(OH)–C–C–N with tert-alkyl or cyclic N) is 1. The first-order valence-corrected chi connectivity index (χ1v) is 9.43. The lowest BCUT2D eigenvalue weighted by Gasteiger charge is -2.35. The number of aliphatic hydroxyl groups excluding tert-OH is 1. The lowest BCUT2D eigenvalue weighted by Crippen LogP contribution is -2.49. The van der Waals surface area contributed by atoms with E-state index in [1.165, 1.54) is 0 Å². The summed E-state index contributed by atoms with van der Waals surface area (Å²) >= 11 is 0. The summed E-state index contributed by atoms with van der Waals surface area (Å²) in [6.45, 7) is 6.48. The SMILES string of the molecule is CC(=O)N1CCC[C@@H]1[C@@H]1CCCN1C[C@@H](O)COc1cccc(C)c1. The molecule has 0 unspecified atom stereocenters. The Kier molecular flexibility index (Phi) is 5.97. The van der Waals surface area contributed by atoms with Crippen molar-refractivity contribution in [3.05, 3.63) is 29.8 Å². The van der Waals surface area contributed by atoms with Crippen LogP contribution in [-0.4, -0.2) is 65.2 Å². The molecule has 1 amide bonds. The second-order valence-corrected chi connectivity index (χ2v) is 7.41. The van der Waals surface area contributed by atoms with Crippen molar-refractivity contribution in [3.63, 3.8) is 0 Å². The zero-order valence-electron chi connectivity index (χ0n) is 15.4. The molecule has 2 saturated heterocycles. The van der Waals surface area contributed by atoms with Crippen LogP contribution in [0.5, 0.6) is 5.75 Å². The number of likely N-dealkylation sites (tertiary alicyclic amines) is 2. The quantitative estimate of drug-likeness (QED) is 0.858. The number of ether oxygens (including phenoxy) is 1. The molecule has 3 atom stereocenters. The zero-order valence-corrected chi connectivity index (χ0v) is 15.4. The maximum Gasteiger partial charge on any atom is 0.219 e. The lowest BCUT2D eigenvalue weighted by atomic mass is 10.0. The van der Waals surface area contributed by atoms with E-state index in [1.54, 1.807) is 6.92 Å². The number of aliphatic hydroxyl groups is 1. The Morgan fingerprint density at radius 1 is 1.28 bits per heavy atom. The molecule has 5 nitrogen and oxygen atoms in total. The minimum atomic E-state index is -0.520. The molecule has 138 valence electrons. The Morgan fingerprint density at radius 2 is 2.04 bits per heavy atom. The average molecular weight is 346 g/mol. The van der Waals surface area contributed by atoms with Crippen molar-refractivity contribution >= 4 is 5.91 Å². The highest BCUT2D eigenvalue weighted by Gasteiger charge is 2.39. The average Bonchev–Trinajstić information content (AvgIpc) is 3.21. The molecule has 2 fully saturated rings. The fourth-order valence-electron chi connectivity index (χ4n) is 4.32. The van der Waals surface area contributed by atoms with Crippen LogP contribution in [-0.2, 0) is 4.79 Å². The van der Waals surface area contributed by atoms with E-state index in [0.717, 1.165) is 50.1 Å². The smallest absolute Gasteiger partial charge is 0.219 e. The number of aryl methyl sites for hydroxylation is 1. The number of rotatable bonds is 6. The van der Waals surface area contributed by atoms with Gasteiger partial charge in [-0.2, -0.15) is 0 Å². The van der Waals surface area contributed by atoms with Gasteiger partial charge in [-0.15, -0.1) is 0 Å². The summed E-state index contributed by atoms with van der Waals surface area (Å²) < 4.78 is 5.74. The molecule has 2 aliphatic heterocycles. The molecule has 2 heterocycles. The van der Waals surface area contributed by atoms with Gasteiger partial charge in [-0.05, 0) is 56.8 Å². The van der Waals surface area contributed by atoms with Crippen molar-refractivity contribution in [3.8, 4) is 5.75 Å². The lowest BCUT2D eigenvalue weighted by molar-refractivity contribution is -0.130. The first-order valence-electron chi connectivity index (χ1n) is 9.43. The number of hydrogen-bond acceptors (Lipinski definition) is 4. The standard InChI is InChI=1S/C20H30N2O3/c1-15-6-3-7-18(12-15)25-14-17(24)13-21-10-4-8-19(21)20-9-5-11-22(20)16(2)23/h3,6-7,12,17,19-20,24H,4-5,8-11,13-14H2,1-2H3/t17-,19+,20-/m1/s1. The second kappa shape index (κ2) is 8.19. The summed E-state index contributed by atoms with van der Waals surface area (Å²) in [5.74, 6) is 0.980. The third-order valence-electron chi connectivity index (χ3n) is 5.44. The van der Waals surface area contributed by atoms with E-state index in [1.807, 2.05) is 36.1 Å². The van der Waals surface area contributed by atoms with Crippen molar-refractivity contribution in [1.82, 2.24) is 9.80 Å². The summed E-state index contributed by atoms with van der Waals surface area (Å²) in [7, 11) is 0. The van der Waals surface area contributed by atoms with Crippen molar-refractivity contribution in [2.45, 2.75) is 57.7 Å². The fourth-order valence-corrected chi connectivity index (χ4v) is 4.32. The Hall–Kier alpha value is -1.59. The minimum Gasteiger partial charge on any atom is -0.491 e. The van der Waals surface area contributed by atoms with Crippen molar-refractivity contribution in [2.24, 2.45) is 0 Å². The Balaban J connectivity index is 1.53.